The van der Waals surface area contributed by atoms with Crippen LogP contribution in [0.1, 0.15) is 112 Å². The highest BCUT2D eigenvalue weighted by Crippen LogP contribution is 2.68. The first-order valence-electron chi connectivity index (χ1n) is 13.3. The van der Waals surface area contributed by atoms with Crippen LogP contribution < -0.4 is 0 Å². The second-order valence-electron chi connectivity index (χ2n) is 13.1. The normalized spacial score (nSPS) is 49.2. The molecule has 4 saturated carbocycles. The molecule has 0 saturated heterocycles. The summed E-state index contributed by atoms with van der Waals surface area (Å²) in [5.41, 5.74) is 1.14. The van der Waals surface area contributed by atoms with Gasteiger partial charge in [0, 0.05) is 0 Å². The van der Waals surface area contributed by atoms with Crippen molar-refractivity contribution in [2.45, 2.75) is 118 Å². The number of rotatable bonds is 5. The molecule has 0 aromatic carbocycles. The number of hydrogen-bond acceptors (Lipinski definition) is 1. The van der Waals surface area contributed by atoms with Gasteiger partial charge in [-0.2, -0.15) is 0 Å². The van der Waals surface area contributed by atoms with Gasteiger partial charge in [-0.05, 0) is 116 Å². The molecule has 4 fully saturated rings. The molecule has 0 heterocycles. The molecule has 4 aliphatic carbocycles. The molecule has 0 amide bonds. The molecular formula is C28H50O. The lowest BCUT2D eigenvalue weighted by Gasteiger charge is -2.61. The average molecular weight is 403 g/mol. The first-order valence-corrected chi connectivity index (χ1v) is 13.3. The second-order valence-corrected chi connectivity index (χ2v) is 13.1. The van der Waals surface area contributed by atoms with E-state index >= 15 is 0 Å². The molecule has 4 unspecified atom stereocenters. The molecule has 0 bridgehead atoms. The Morgan fingerprint density at radius 1 is 0.793 bits per heavy atom. The molecule has 0 radical (unpaired) electrons. The van der Waals surface area contributed by atoms with Gasteiger partial charge in [-0.25, -0.2) is 0 Å². The molecule has 29 heavy (non-hydrogen) atoms. The third-order valence-electron chi connectivity index (χ3n) is 11.6. The van der Waals surface area contributed by atoms with E-state index in [-0.39, 0.29) is 6.10 Å². The summed E-state index contributed by atoms with van der Waals surface area (Å²) in [5, 5.41) is 10.3. The fourth-order valence-electron chi connectivity index (χ4n) is 9.27. The largest absolute Gasteiger partial charge is 0.393 e. The number of hydrogen-bond donors (Lipinski definition) is 1. The minimum Gasteiger partial charge on any atom is -0.393 e. The standard InChI is InChI=1S/C28H50O/c1-18(2)19(3)7-8-20(4)24-11-12-25-23-10-9-21-17-22(29)13-15-27(21,5)26(23)14-16-28(24,25)6/h18-26,29H,7-17H2,1-6H3/t19-,20-,21-,22-,23?,24?,25?,26?,27+,28-/m1/s1. The Balaban J connectivity index is 1.46. The highest BCUT2D eigenvalue weighted by Gasteiger charge is 2.60. The summed E-state index contributed by atoms with van der Waals surface area (Å²) >= 11 is 0. The summed E-state index contributed by atoms with van der Waals surface area (Å²) in [5.74, 6) is 7.28. The Hall–Kier alpha value is -0.0400. The molecule has 10 atom stereocenters. The zero-order chi connectivity index (χ0) is 21.0. The van der Waals surface area contributed by atoms with Crippen molar-refractivity contribution < 1.29 is 5.11 Å². The van der Waals surface area contributed by atoms with E-state index in [1.807, 2.05) is 0 Å². The topological polar surface area (TPSA) is 20.2 Å². The van der Waals surface area contributed by atoms with Gasteiger partial charge in [0.05, 0.1) is 6.10 Å². The van der Waals surface area contributed by atoms with E-state index in [2.05, 4.69) is 41.5 Å². The molecule has 1 nitrogen and oxygen atoms in total. The van der Waals surface area contributed by atoms with Crippen molar-refractivity contribution >= 4 is 0 Å². The number of aliphatic hydroxyl groups is 1. The van der Waals surface area contributed by atoms with Crippen molar-refractivity contribution in [2.24, 2.45) is 58.2 Å². The van der Waals surface area contributed by atoms with Crippen molar-refractivity contribution in [3.8, 4) is 0 Å². The van der Waals surface area contributed by atoms with Gasteiger partial charge in [-0.1, -0.05) is 54.4 Å². The predicted octanol–water partition coefficient (Wildman–Crippen LogP) is 7.71. The SMILES string of the molecule is CC(C)[C@H](C)CC[C@@H](C)C1CCC2C3CC[C@@H]4C[C@H](O)CC[C@]4(C)C3CC[C@@]21C. The molecule has 1 heteroatoms. The van der Waals surface area contributed by atoms with E-state index in [4.69, 9.17) is 0 Å². The van der Waals surface area contributed by atoms with Crippen molar-refractivity contribution in [1.29, 1.82) is 0 Å². The third kappa shape index (κ3) is 3.74. The summed E-state index contributed by atoms with van der Waals surface area (Å²) in [6.07, 6.45) is 15.1. The van der Waals surface area contributed by atoms with E-state index in [1.54, 1.807) is 0 Å². The summed E-state index contributed by atoms with van der Waals surface area (Å²) in [6.45, 7) is 15.2. The maximum absolute atomic E-state index is 10.3. The predicted molar refractivity (Wildman–Crippen MR) is 124 cm³/mol. The average Bonchev–Trinajstić information content (AvgIpc) is 3.03. The maximum Gasteiger partial charge on any atom is 0.0543 e. The Bertz CT molecular complexity index is 569. The molecule has 4 aliphatic rings. The molecule has 0 aromatic rings. The van der Waals surface area contributed by atoms with Crippen LogP contribution in [-0.4, -0.2) is 11.2 Å². The van der Waals surface area contributed by atoms with Crippen LogP contribution in [0.5, 0.6) is 0 Å². The Labute approximate surface area is 181 Å². The van der Waals surface area contributed by atoms with Gasteiger partial charge in [-0.15, -0.1) is 0 Å². The van der Waals surface area contributed by atoms with Gasteiger partial charge in [-0.3, -0.25) is 0 Å². The molecular weight excluding hydrogens is 352 g/mol. The fourth-order valence-corrected chi connectivity index (χ4v) is 9.27. The van der Waals surface area contributed by atoms with Crippen molar-refractivity contribution in [1.82, 2.24) is 0 Å². The smallest absolute Gasteiger partial charge is 0.0543 e. The summed E-state index contributed by atoms with van der Waals surface area (Å²) in [4.78, 5) is 0. The lowest BCUT2D eigenvalue weighted by Crippen LogP contribution is -2.54. The van der Waals surface area contributed by atoms with Gasteiger partial charge in [0.1, 0.15) is 0 Å². The Kier molecular flexibility index (Phi) is 6.22. The molecule has 0 spiro atoms. The maximum atomic E-state index is 10.3. The van der Waals surface area contributed by atoms with Crippen LogP contribution in [0.4, 0.5) is 0 Å². The molecule has 0 aromatic heterocycles. The number of fused-ring (bicyclic) bond motifs is 5. The van der Waals surface area contributed by atoms with Crippen LogP contribution >= 0.6 is 0 Å². The fraction of sp³-hybridized carbons (Fsp3) is 1.00. The third-order valence-corrected chi connectivity index (χ3v) is 11.6. The van der Waals surface area contributed by atoms with Crippen LogP contribution in [0.2, 0.25) is 0 Å². The van der Waals surface area contributed by atoms with E-state index in [0.29, 0.717) is 10.8 Å². The van der Waals surface area contributed by atoms with Crippen molar-refractivity contribution in [2.75, 3.05) is 0 Å². The lowest BCUT2D eigenvalue weighted by atomic mass is 9.44. The first-order chi connectivity index (χ1) is 13.7. The number of aliphatic hydroxyl groups excluding tert-OH is 1. The Morgan fingerprint density at radius 2 is 1.48 bits per heavy atom. The van der Waals surface area contributed by atoms with Crippen molar-refractivity contribution in [3.63, 3.8) is 0 Å². The second kappa shape index (κ2) is 8.14. The van der Waals surface area contributed by atoms with Gasteiger partial charge >= 0.3 is 0 Å². The van der Waals surface area contributed by atoms with Crippen molar-refractivity contribution in [3.05, 3.63) is 0 Å². The van der Waals surface area contributed by atoms with Gasteiger partial charge < -0.3 is 5.11 Å². The minimum absolute atomic E-state index is 0.0107. The van der Waals surface area contributed by atoms with E-state index < -0.39 is 0 Å². The first kappa shape index (κ1) is 22.2. The lowest BCUT2D eigenvalue weighted by molar-refractivity contribution is -0.129. The molecule has 1 N–H and O–H groups in total. The molecule has 0 aliphatic heterocycles. The van der Waals surface area contributed by atoms with Gasteiger partial charge in [0.25, 0.3) is 0 Å². The van der Waals surface area contributed by atoms with E-state index in [1.165, 1.54) is 57.8 Å². The molecule has 168 valence electrons. The highest BCUT2D eigenvalue weighted by atomic mass is 16.3. The summed E-state index contributed by atoms with van der Waals surface area (Å²) in [6, 6.07) is 0. The minimum atomic E-state index is -0.0107. The monoisotopic (exact) mass is 402 g/mol. The van der Waals surface area contributed by atoms with Crippen LogP contribution in [0.15, 0.2) is 0 Å². The van der Waals surface area contributed by atoms with Crippen LogP contribution in [0.3, 0.4) is 0 Å². The molecule has 4 rings (SSSR count). The summed E-state index contributed by atoms with van der Waals surface area (Å²) < 4.78 is 0. The summed E-state index contributed by atoms with van der Waals surface area (Å²) in [7, 11) is 0. The quantitative estimate of drug-likeness (QED) is 0.499. The van der Waals surface area contributed by atoms with Gasteiger partial charge in [0.15, 0.2) is 0 Å². The zero-order valence-corrected chi connectivity index (χ0v) is 20.4. The Morgan fingerprint density at radius 3 is 2.21 bits per heavy atom. The van der Waals surface area contributed by atoms with Gasteiger partial charge in [0.2, 0.25) is 0 Å². The van der Waals surface area contributed by atoms with Crippen LogP contribution in [-0.2, 0) is 0 Å². The van der Waals surface area contributed by atoms with Crippen LogP contribution in [0.25, 0.3) is 0 Å². The van der Waals surface area contributed by atoms with Crippen LogP contribution in [0, 0.1) is 58.2 Å². The zero-order valence-electron chi connectivity index (χ0n) is 20.4. The van der Waals surface area contributed by atoms with E-state index in [9.17, 15) is 5.11 Å². The van der Waals surface area contributed by atoms with E-state index in [0.717, 1.165) is 60.2 Å². The highest BCUT2D eigenvalue weighted by molar-refractivity contribution is 5.09.